The van der Waals surface area contributed by atoms with Crippen LogP contribution in [0.1, 0.15) is 45.1 Å². The van der Waals surface area contributed by atoms with Crippen molar-refractivity contribution in [1.29, 1.82) is 5.26 Å². The Kier molecular flexibility index (Phi) is 4.13. The molecule has 0 radical (unpaired) electrons. The fraction of sp³-hybridized carbons (Fsp3) is 0.529. The molecule has 0 spiro atoms. The number of amides is 1. The van der Waals surface area contributed by atoms with Crippen LogP contribution in [0.15, 0.2) is 30.3 Å². The van der Waals surface area contributed by atoms with Gasteiger partial charge in [-0.25, -0.2) is 0 Å². The first kappa shape index (κ1) is 14.6. The van der Waals surface area contributed by atoms with Crippen LogP contribution < -0.4 is 5.32 Å². The van der Waals surface area contributed by atoms with Crippen molar-refractivity contribution in [3.63, 3.8) is 0 Å². The van der Waals surface area contributed by atoms with Crippen LogP contribution in [0.25, 0.3) is 0 Å². The van der Waals surface area contributed by atoms with Crippen molar-refractivity contribution >= 4 is 5.91 Å². The SMILES string of the molecule is CC(C)(CCc1ccccc1)NC(=O)C1(C#N)CCC1. The van der Waals surface area contributed by atoms with Crippen LogP contribution in [0.4, 0.5) is 0 Å². The summed E-state index contributed by atoms with van der Waals surface area (Å²) in [5.41, 5.74) is 0.226. The molecule has 1 fully saturated rings. The number of nitriles is 1. The minimum atomic E-state index is -0.760. The maximum atomic E-state index is 12.3. The second-order valence-electron chi connectivity index (χ2n) is 6.37. The number of benzene rings is 1. The molecule has 2 rings (SSSR count). The number of carbonyl (C=O) groups is 1. The lowest BCUT2D eigenvalue weighted by atomic mass is 9.69. The lowest BCUT2D eigenvalue weighted by molar-refractivity contribution is -0.133. The second kappa shape index (κ2) is 5.66. The maximum absolute atomic E-state index is 12.3. The Balaban J connectivity index is 1.91. The summed E-state index contributed by atoms with van der Waals surface area (Å²) in [7, 11) is 0. The number of nitrogens with zero attached hydrogens (tertiary/aromatic N) is 1. The van der Waals surface area contributed by atoms with Crippen molar-refractivity contribution in [3.05, 3.63) is 35.9 Å². The first-order valence-electron chi connectivity index (χ1n) is 7.25. The average Bonchev–Trinajstić information content (AvgIpc) is 2.36. The van der Waals surface area contributed by atoms with E-state index in [1.807, 2.05) is 32.0 Å². The van der Waals surface area contributed by atoms with Crippen LogP contribution in [0.3, 0.4) is 0 Å². The summed E-state index contributed by atoms with van der Waals surface area (Å²) < 4.78 is 0. The lowest BCUT2D eigenvalue weighted by Crippen LogP contribution is -2.52. The molecule has 0 heterocycles. The summed E-state index contributed by atoms with van der Waals surface area (Å²) in [5.74, 6) is -0.0932. The van der Waals surface area contributed by atoms with Gasteiger partial charge in [0, 0.05) is 5.54 Å². The van der Waals surface area contributed by atoms with E-state index in [4.69, 9.17) is 0 Å². The molecule has 1 aliphatic carbocycles. The minimum absolute atomic E-state index is 0.0932. The van der Waals surface area contributed by atoms with Crippen molar-refractivity contribution in [2.75, 3.05) is 0 Å². The standard InChI is InChI=1S/C17H22N2O/c1-16(2,12-9-14-7-4-3-5-8-14)19-15(20)17(13-18)10-6-11-17/h3-5,7-8H,6,9-12H2,1-2H3,(H,19,20). The summed E-state index contributed by atoms with van der Waals surface area (Å²) in [4.78, 5) is 12.3. The molecule has 1 aliphatic rings. The summed E-state index contributed by atoms with van der Waals surface area (Å²) in [6.07, 6.45) is 4.16. The molecule has 1 N–H and O–H groups in total. The Hall–Kier alpha value is -1.82. The van der Waals surface area contributed by atoms with Gasteiger partial charge < -0.3 is 5.32 Å². The second-order valence-corrected chi connectivity index (χ2v) is 6.37. The smallest absolute Gasteiger partial charge is 0.240 e. The predicted molar refractivity (Wildman–Crippen MR) is 78.9 cm³/mol. The van der Waals surface area contributed by atoms with Crippen molar-refractivity contribution in [3.8, 4) is 6.07 Å². The van der Waals surface area contributed by atoms with E-state index in [-0.39, 0.29) is 11.4 Å². The molecule has 0 aromatic heterocycles. The van der Waals surface area contributed by atoms with Gasteiger partial charge in [-0.15, -0.1) is 0 Å². The average molecular weight is 270 g/mol. The van der Waals surface area contributed by atoms with E-state index in [0.29, 0.717) is 12.8 Å². The van der Waals surface area contributed by atoms with Gasteiger partial charge in [0.2, 0.25) is 5.91 Å². The zero-order valence-electron chi connectivity index (χ0n) is 12.3. The van der Waals surface area contributed by atoms with Crippen molar-refractivity contribution in [2.45, 2.75) is 51.5 Å². The Labute approximate surface area is 121 Å². The molecule has 1 saturated carbocycles. The Morgan fingerprint density at radius 1 is 1.35 bits per heavy atom. The quantitative estimate of drug-likeness (QED) is 0.893. The molecule has 3 heteroatoms. The highest BCUT2D eigenvalue weighted by molar-refractivity contribution is 5.86. The van der Waals surface area contributed by atoms with E-state index in [0.717, 1.165) is 19.3 Å². The molecule has 1 amide bonds. The molecule has 0 unspecified atom stereocenters. The highest BCUT2D eigenvalue weighted by Gasteiger charge is 2.45. The van der Waals surface area contributed by atoms with Gasteiger partial charge in [-0.05, 0) is 51.5 Å². The van der Waals surface area contributed by atoms with Gasteiger partial charge in [0.15, 0.2) is 0 Å². The van der Waals surface area contributed by atoms with Crippen molar-refractivity contribution < 1.29 is 4.79 Å². The first-order valence-corrected chi connectivity index (χ1v) is 7.25. The molecule has 0 bridgehead atoms. The Morgan fingerprint density at radius 2 is 2.00 bits per heavy atom. The maximum Gasteiger partial charge on any atom is 0.240 e. The third kappa shape index (κ3) is 3.19. The van der Waals surface area contributed by atoms with Crippen LogP contribution >= 0.6 is 0 Å². The molecule has 0 aliphatic heterocycles. The van der Waals surface area contributed by atoms with Crippen LogP contribution in [-0.2, 0) is 11.2 Å². The van der Waals surface area contributed by atoms with Crippen molar-refractivity contribution in [2.24, 2.45) is 5.41 Å². The summed E-state index contributed by atoms with van der Waals surface area (Å²) in [6.45, 7) is 4.05. The van der Waals surface area contributed by atoms with E-state index in [1.54, 1.807) is 0 Å². The molecule has 0 atom stereocenters. The van der Waals surface area contributed by atoms with E-state index in [2.05, 4.69) is 23.5 Å². The summed E-state index contributed by atoms with van der Waals surface area (Å²) >= 11 is 0. The monoisotopic (exact) mass is 270 g/mol. The molecule has 1 aromatic carbocycles. The van der Waals surface area contributed by atoms with E-state index in [9.17, 15) is 10.1 Å². The number of aryl methyl sites for hydroxylation is 1. The van der Waals surface area contributed by atoms with Gasteiger partial charge in [0.1, 0.15) is 5.41 Å². The zero-order chi connectivity index (χ0) is 14.6. The molecule has 20 heavy (non-hydrogen) atoms. The number of rotatable bonds is 5. The highest BCUT2D eigenvalue weighted by Crippen LogP contribution is 2.40. The van der Waals surface area contributed by atoms with Crippen LogP contribution in [-0.4, -0.2) is 11.4 Å². The minimum Gasteiger partial charge on any atom is -0.350 e. The van der Waals surface area contributed by atoms with E-state index in [1.165, 1.54) is 5.56 Å². The topological polar surface area (TPSA) is 52.9 Å². The highest BCUT2D eigenvalue weighted by atomic mass is 16.2. The lowest BCUT2D eigenvalue weighted by Gasteiger charge is -2.37. The Morgan fingerprint density at radius 3 is 2.50 bits per heavy atom. The molecule has 0 saturated heterocycles. The molecular formula is C17H22N2O. The van der Waals surface area contributed by atoms with Crippen molar-refractivity contribution in [1.82, 2.24) is 5.32 Å². The first-order chi connectivity index (χ1) is 9.47. The summed E-state index contributed by atoms with van der Waals surface area (Å²) in [5, 5.41) is 12.3. The van der Waals surface area contributed by atoms with Gasteiger partial charge in [-0.3, -0.25) is 4.79 Å². The number of carbonyl (C=O) groups excluding carboxylic acids is 1. The molecule has 1 aromatic rings. The molecule has 106 valence electrons. The Bertz CT molecular complexity index is 510. The van der Waals surface area contributed by atoms with Crippen LogP contribution in [0.5, 0.6) is 0 Å². The van der Waals surface area contributed by atoms with Gasteiger partial charge in [0.25, 0.3) is 0 Å². The van der Waals surface area contributed by atoms with Gasteiger partial charge in [0.05, 0.1) is 6.07 Å². The number of nitrogens with one attached hydrogen (secondary N) is 1. The fourth-order valence-corrected chi connectivity index (χ4v) is 2.51. The van der Waals surface area contributed by atoms with E-state index < -0.39 is 5.41 Å². The van der Waals surface area contributed by atoms with Gasteiger partial charge >= 0.3 is 0 Å². The molecule has 3 nitrogen and oxygen atoms in total. The fourth-order valence-electron chi connectivity index (χ4n) is 2.51. The largest absolute Gasteiger partial charge is 0.350 e. The van der Waals surface area contributed by atoms with Crippen LogP contribution in [0.2, 0.25) is 0 Å². The normalized spacial score (nSPS) is 16.9. The third-order valence-corrected chi connectivity index (χ3v) is 4.19. The van der Waals surface area contributed by atoms with Gasteiger partial charge in [-0.2, -0.15) is 5.26 Å². The van der Waals surface area contributed by atoms with Crippen LogP contribution in [0, 0.1) is 16.7 Å². The van der Waals surface area contributed by atoms with E-state index >= 15 is 0 Å². The third-order valence-electron chi connectivity index (χ3n) is 4.19. The number of hydrogen-bond acceptors (Lipinski definition) is 2. The number of hydrogen-bond donors (Lipinski definition) is 1. The summed E-state index contributed by atoms with van der Waals surface area (Å²) in [6, 6.07) is 12.5. The van der Waals surface area contributed by atoms with Gasteiger partial charge in [-0.1, -0.05) is 30.3 Å². The molecular weight excluding hydrogens is 248 g/mol. The predicted octanol–water partition coefficient (Wildman–Crippen LogP) is 3.21. The zero-order valence-corrected chi connectivity index (χ0v) is 12.3.